The molecule has 0 bridgehead atoms. The van der Waals surface area contributed by atoms with Crippen molar-refractivity contribution in [2.24, 2.45) is 11.3 Å². The first-order valence-electron chi connectivity index (χ1n) is 10.0. The van der Waals surface area contributed by atoms with E-state index < -0.39 is 28.9 Å². The lowest BCUT2D eigenvalue weighted by Crippen LogP contribution is -2.44. The van der Waals surface area contributed by atoms with Crippen LogP contribution < -0.4 is 15.0 Å². The highest BCUT2D eigenvalue weighted by Gasteiger charge is 2.46. The van der Waals surface area contributed by atoms with Gasteiger partial charge in [0.05, 0.1) is 12.2 Å². The van der Waals surface area contributed by atoms with Crippen molar-refractivity contribution in [1.29, 1.82) is 0 Å². The number of nitrogens with zero attached hydrogens (tertiary/aromatic N) is 1. The van der Waals surface area contributed by atoms with E-state index in [1.165, 1.54) is 18.2 Å². The van der Waals surface area contributed by atoms with Crippen LogP contribution in [0.3, 0.4) is 0 Å². The Bertz CT molecular complexity index is 996. The number of halogens is 2. The third-order valence-corrected chi connectivity index (χ3v) is 5.47. The van der Waals surface area contributed by atoms with Crippen LogP contribution in [0.15, 0.2) is 36.4 Å². The van der Waals surface area contributed by atoms with Gasteiger partial charge in [-0.05, 0) is 36.8 Å². The molecule has 1 aliphatic carbocycles. The molecule has 4 rings (SSSR count). The van der Waals surface area contributed by atoms with E-state index in [4.69, 9.17) is 4.74 Å². The fourth-order valence-corrected chi connectivity index (χ4v) is 3.81. The van der Waals surface area contributed by atoms with Crippen molar-refractivity contribution in [2.45, 2.75) is 33.1 Å². The number of hydrogen-bond donors (Lipinski definition) is 1. The molecule has 0 radical (unpaired) electrons. The van der Waals surface area contributed by atoms with E-state index >= 15 is 0 Å². The summed E-state index contributed by atoms with van der Waals surface area (Å²) in [6, 6.07) is 8.84. The smallest absolute Gasteiger partial charge is 0.232 e. The Hall–Kier alpha value is -2.96. The molecule has 0 spiro atoms. The number of carbonyl (C=O) groups is 2. The summed E-state index contributed by atoms with van der Waals surface area (Å²) in [6.07, 6.45) is 0.395. The Kier molecular flexibility index (Phi) is 5.00. The molecule has 1 N–H and O–H groups in total. The molecule has 1 aliphatic heterocycles. The fraction of sp³-hybridized carbons (Fsp3) is 0.391. The highest BCUT2D eigenvalue weighted by Crippen LogP contribution is 2.49. The molecule has 1 fully saturated rings. The highest BCUT2D eigenvalue weighted by atomic mass is 19.1. The molecule has 1 saturated carbocycles. The van der Waals surface area contributed by atoms with Crippen LogP contribution in [0.2, 0.25) is 0 Å². The van der Waals surface area contributed by atoms with E-state index in [9.17, 15) is 18.4 Å². The van der Waals surface area contributed by atoms with E-state index in [-0.39, 0.29) is 17.4 Å². The number of rotatable bonds is 3. The second kappa shape index (κ2) is 7.38. The first kappa shape index (κ1) is 20.3. The third kappa shape index (κ3) is 3.76. The van der Waals surface area contributed by atoms with Crippen molar-refractivity contribution in [3.05, 3.63) is 53.6 Å². The molecule has 2 unspecified atom stereocenters. The zero-order valence-electron chi connectivity index (χ0n) is 17.2. The van der Waals surface area contributed by atoms with Crippen LogP contribution in [0.1, 0.15) is 38.7 Å². The number of hydrogen-bond acceptors (Lipinski definition) is 3. The van der Waals surface area contributed by atoms with E-state index in [2.05, 4.69) is 5.32 Å². The summed E-state index contributed by atoms with van der Waals surface area (Å²) in [7, 11) is 0. The lowest BCUT2D eigenvalue weighted by Gasteiger charge is -2.34. The summed E-state index contributed by atoms with van der Waals surface area (Å²) in [5, 5.41) is 2.81. The average Bonchev–Trinajstić information content (AvgIpc) is 3.46. The van der Waals surface area contributed by atoms with Crippen molar-refractivity contribution in [3.63, 3.8) is 0 Å². The predicted octanol–water partition coefficient (Wildman–Crippen LogP) is 4.48. The zero-order valence-corrected chi connectivity index (χ0v) is 17.2. The van der Waals surface area contributed by atoms with Crippen LogP contribution in [-0.4, -0.2) is 25.0 Å². The second-order valence-corrected chi connectivity index (χ2v) is 8.81. The standard InChI is InChI=1S/C23H24F2N2O3/c1-23(2,3)22(29)27-9-10-30-19-8-7-13(11-18(19)27)26-21(28)15-12-14(15)20-16(24)5-4-6-17(20)25/h4-8,11,14-15H,9-10,12H2,1-3H3,(H,26,28). The summed E-state index contributed by atoms with van der Waals surface area (Å²) in [5.74, 6) is -1.97. The molecule has 2 atom stereocenters. The van der Waals surface area contributed by atoms with Crippen LogP contribution in [0.5, 0.6) is 5.75 Å². The minimum Gasteiger partial charge on any atom is -0.490 e. The largest absolute Gasteiger partial charge is 0.490 e. The van der Waals surface area contributed by atoms with Crippen LogP contribution >= 0.6 is 0 Å². The number of carbonyl (C=O) groups excluding carboxylic acids is 2. The third-order valence-electron chi connectivity index (χ3n) is 5.47. The van der Waals surface area contributed by atoms with Gasteiger partial charge in [0.15, 0.2) is 0 Å². The Balaban J connectivity index is 1.51. The first-order chi connectivity index (χ1) is 14.2. The molecule has 1 heterocycles. The summed E-state index contributed by atoms with van der Waals surface area (Å²) < 4.78 is 33.6. The van der Waals surface area contributed by atoms with Gasteiger partial charge in [0.2, 0.25) is 11.8 Å². The average molecular weight is 414 g/mol. The maximum atomic E-state index is 14.0. The molecule has 0 aromatic heterocycles. The van der Waals surface area contributed by atoms with E-state index in [0.29, 0.717) is 36.7 Å². The van der Waals surface area contributed by atoms with E-state index in [0.717, 1.165) is 0 Å². The summed E-state index contributed by atoms with van der Waals surface area (Å²) in [5.41, 5.74) is 0.527. The maximum absolute atomic E-state index is 14.0. The van der Waals surface area contributed by atoms with Crippen molar-refractivity contribution in [3.8, 4) is 5.75 Å². The number of fused-ring (bicyclic) bond motifs is 1. The number of amides is 2. The van der Waals surface area contributed by atoms with Gasteiger partial charge in [-0.1, -0.05) is 26.8 Å². The quantitative estimate of drug-likeness (QED) is 0.806. The Morgan fingerprint density at radius 1 is 1.13 bits per heavy atom. The topological polar surface area (TPSA) is 58.6 Å². The number of nitrogens with one attached hydrogen (secondary N) is 1. The van der Waals surface area contributed by atoms with Gasteiger partial charge in [-0.3, -0.25) is 9.59 Å². The fourth-order valence-electron chi connectivity index (χ4n) is 3.81. The minimum absolute atomic E-state index is 0.0292. The van der Waals surface area contributed by atoms with Gasteiger partial charge in [0.25, 0.3) is 0 Å². The van der Waals surface area contributed by atoms with Gasteiger partial charge in [-0.2, -0.15) is 0 Å². The SMILES string of the molecule is CC(C)(C)C(=O)N1CCOc2ccc(NC(=O)C3CC3c3c(F)cccc3F)cc21. The van der Waals surface area contributed by atoms with Crippen molar-refractivity contribution in [2.75, 3.05) is 23.4 Å². The lowest BCUT2D eigenvalue weighted by atomic mass is 9.94. The van der Waals surface area contributed by atoms with Crippen LogP contribution in [0, 0.1) is 23.0 Å². The summed E-state index contributed by atoms with van der Waals surface area (Å²) >= 11 is 0. The van der Waals surface area contributed by atoms with Gasteiger partial charge in [0, 0.05) is 28.5 Å². The summed E-state index contributed by atoms with van der Waals surface area (Å²) in [6.45, 7) is 6.39. The normalized spacial score (nSPS) is 20.2. The number of benzene rings is 2. The summed E-state index contributed by atoms with van der Waals surface area (Å²) in [4.78, 5) is 27.1. The molecule has 30 heavy (non-hydrogen) atoms. The van der Waals surface area contributed by atoms with Gasteiger partial charge in [0.1, 0.15) is 24.0 Å². The first-order valence-corrected chi connectivity index (χ1v) is 10.0. The van der Waals surface area contributed by atoms with Crippen LogP contribution in [0.4, 0.5) is 20.2 Å². The molecular weight excluding hydrogens is 390 g/mol. The van der Waals surface area contributed by atoms with E-state index in [1.807, 2.05) is 20.8 Å². The Labute approximate surface area is 174 Å². The van der Waals surface area contributed by atoms with Crippen LogP contribution in [-0.2, 0) is 9.59 Å². The van der Waals surface area contributed by atoms with Gasteiger partial charge < -0.3 is 15.0 Å². The van der Waals surface area contributed by atoms with Gasteiger partial charge in [-0.25, -0.2) is 8.78 Å². The molecule has 5 nitrogen and oxygen atoms in total. The monoisotopic (exact) mass is 414 g/mol. The van der Waals surface area contributed by atoms with Crippen molar-refractivity contribution >= 4 is 23.2 Å². The minimum atomic E-state index is -0.627. The number of anilines is 2. The maximum Gasteiger partial charge on any atom is 0.232 e. The number of ether oxygens (including phenoxy) is 1. The second-order valence-electron chi connectivity index (χ2n) is 8.81. The Morgan fingerprint density at radius 2 is 1.83 bits per heavy atom. The highest BCUT2D eigenvalue weighted by molar-refractivity contribution is 6.00. The van der Waals surface area contributed by atoms with Crippen molar-refractivity contribution in [1.82, 2.24) is 0 Å². The molecule has 0 saturated heterocycles. The van der Waals surface area contributed by atoms with Crippen LogP contribution in [0.25, 0.3) is 0 Å². The molecule has 7 heteroatoms. The molecule has 2 aromatic rings. The zero-order chi connectivity index (χ0) is 21.6. The molecular formula is C23H24F2N2O3. The molecule has 2 amide bonds. The molecule has 2 aliphatic rings. The van der Waals surface area contributed by atoms with E-state index in [1.54, 1.807) is 23.1 Å². The molecule has 2 aromatic carbocycles. The van der Waals surface area contributed by atoms with Gasteiger partial charge >= 0.3 is 0 Å². The van der Waals surface area contributed by atoms with Crippen molar-refractivity contribution < 1.29 is 23.1 Å². The van der Waals surface area contributed by atoms with Gasteiger partial charge in [-0.15, -0.1) is 0 Å². The lowest BCUT2D eigenvalue weighted by molar-refractivity contribution is -0.126. The molecule has 158 valence electrons. The Morgan fingerprint density at radius 3 is 2.50 bits per heavy atom. The predicted molar refractivity (Wildman–Crippen MR) is 110 cm³/mol.